The fourth-order valence-corrected chi connectivity index (χ4v) is 1.25. The van der Waals surface area contributed by atoms with E-state index in [4.69, 9.17) is 14.6 Å². The van der Waals surface area contributed by atoms with Gasteiger partial charge in [0.2, 0.25) is 0 Å². The van der Waals surface area contributed by atoms with Crippen LogP contribution < -0.4 is 0 Å². The van der Waals surface area contributed by atoms with Crippen molar-refractivity contribution >= 4 is 5.97 Å². The molecule has 4 heteroatoms. The summed E-state index contributed by atoms with van der Waals surface area (Å²) >= 11 is 0. The molecule has 0 aromatic rings. The van der Waals surface area contributed by atoms with Gasteiger partial charge < -0.3 is 14.6 Å². The van der Waals surface area contributed by atoms with Gasteiger partial charge in [-0.2, -0.15) is 0 Å². The van der Waals surface area contributed by atoms with E-state index in [1.807, 2.05) is 20.8 Å². The molecule has 0 amide bonds. The molecule has 0 bridgehead atoms. The Morgan fingerprint density at radius 1 is 1.18 bits per heavy atom. The topological polar surface area (TPSA) is 55.8 Å². The molecule has 102 valence electrons. The van der Waals surface area contributed by atoms with E-state index >= 15 is 0 Å². The number of hydrogen-bond acceptors (Lipinski definition) is 4. The number of aliphatic hydroxyl groups excluding tert-OH is 1. The number of unbranched alkanes of at least 4 members (excludes halogenated alkanes) is 2. The van der Waals surface area contributed by atoms with Crippen molar-refractivity contribution in [2.24, 2.45) is 0 Å². The lowest BCUT2D eigenvalue weighted by Gasteiger charge is -2.23. The van der Waals surface area contributed by atoms with E-state index in [0.717, 1.165) is 25.7 Å². The third kappa shape index (κ3) is 10.3. The fourth-order valence-electron chi connectivity index (χ4n) is 1.25. The quantitative estimate of drug-likeness (QED) is 0.474. The predicted octanol–water partition coefficient (Wildman–Crippen LogP) is 2.29. The average molecular weight is 246 g/mol. The molecule has 4 nitrogen and oxygen atoms in total. The van der Waals surface area contributed by atoms with Crippen molar-refractivity contribution in [3.63, 3.8) is 0 Å². The van der Waals surface area contributed by atoms with Crippen LogP contribution in [0.2, 0.25) is 0 Å². The molecule has 0 rings (SSSR count). The predicted molar refractivity (Wildman–Crippen MR) is 66.8 cm³/mol. The Morgan fingerprint density at radius 2 is 1.88 bits per heavy atom. The van der Waals surface area contributed by atoms with Crippen LogP contribution in [-0.2, 0) is 14.3 Å². The Hall–Kier alpha value is -0.610. The molecule has 0 aromatic heterocycles. The lowest BCUT2D eigenvalue weighted by atomic mass is 10.1. The number of ether oxygens (including phenoxy) is 2. The van der Waals surface area contributed by atoms with Gasteiger partial charge in [-0.25, -0.2) is 0 Å². The summed E-state index contributed by atoms with van der Waals surface area (Å²) in [7, 11) is 0. The van der Waals surface area contributed by atoms with E-state index in [-0.39, 0.29) is 18.2 Å². The van der Waals surface area contributed by atoms with Crippen molar-refractivity contribution in [3.05, 3.63) is 0 Å². The van der Waals surface area contributed by atoms with Gasteiger partial charge in [0, 0.05) is 13.0 Å². The van der Waals surface area contributed by atoms with Gasteiger partial charge in [-0.1, -0.05) is 13.3 Å². The summed E-state index contributed by atoms with van der Waals surface area (Å²) < 4.78 is 10.5. The summed E-state index contributed by atoms with van der Waals surface area (Å²) in [6.45, 7) is 6.97. The van der Waals surface area contributed by atoms with Gasteiger partial charge in [0.25, 0.3) is 0 Å². The lowest BCUT2D eigenvalue weighted by molar-refractivity contribution is -0.156. The van der Waals surface area contributed by atoms with E-state index < -0.39 is 0 Å². The van der Waals surface area contributed by atoms with Crippen LogP contribution >= 0.6 is 0 Å². The molecule has 1 N–H and O–H groups in total. The number of hydrogen-bond donors (Lipinski definition) is 1. The molecule has 0 aliphatic carbocycles. The highest BCUT2D eigenvalue weighted by atomic mass is 16.6. The molecule has 0 heterocycles. The second-order valence-corrected chi connectivity index (χ2v) is 4.73. The molecular formula is C13H26O4. The summed E-state index contributed by atoms with van der Waals surface area (Å²) in [6, 6.07) is 0. The Labute approximate surface area is 104 Å². The zero-order chi connectivity index (χ0) is 13.1. The minimum absolute atomic E-state index is 0.0679. The average Bonchev–Trinajstić information content (AvgIpc) is 2.27. The summed E-state index contributed by atoms with van der Waals surface area (Å²) in [6.07, 6.45) is 4.01. The molecule has 0 fully saturated rings. The number of carbonyl (C=O) groups is 1. The minimum atomic E-state index is -0.346. The standard InChI is InChI=1S/C13H26O4/c1-4-13(2,3)17-12(15)8-6-5-7-10-16-11-9-14/h14H,4-11H2,1-3H3. The molecule has 0 atom stereocenters. The molecule has 0 spiro atoms. The van der Waals surface area contributed by atoms with Crippen LogP contribution in [0.3, 0.4) is 0 Å². The Kier molecular flexibility index (Phi) is 9.09. The normalized spacial score (nSPS) is 11.5. The smallest absolute Gasteiger partial charge is 0.306 e. The van der Waals surface area contributed by atoms with Crippen LogP contribution in [0, 0.1) is 0 Å². The SMILES string of the molecule is CCC(C)(C)OC(=O)CCCCCOCCO. The molecule has 0 saturated carbocycles. The molecule has 0 saturated heterocycles. The van der Waals surface area contributed by atoms with Gasteiger partial charge in [-0.3, -0.25) is 4.79 Å². The van der Waals surface area contributed by atoms with E-state index in [0.29, 0.717) is 19.6 Å². The van der Waals surface area contributed by atoms with E-state index in [1.54, 1.807) is 0 Å². The molecule has 0 aromatic carbocycles. The first kappa shape index (κ1) is 16.4. The van der Waals surface area contributed by atoms with Gasteiger partial charge in [-0.15, -0.1) is 0 Å². The lowest BCUT2D eigenvalue weighted by Crippen LogP contribution is -2.26. The van der Waals surface area contributed by atoms with Crippen LogP contribution in [0.25, 0.3) is 0 Å². The second kappa shape index (κ2) is 9.42. The molecule has 0 aliphatic heterocycles. The van der Waals surface area contributed by atoms with E-state index in [2.05, 4.69) is 0 Å². The molecule has 0 radical (unpaired) electrons. The zero-order valence-corrected chi connectivity index (χ0v) is 11.3. The van der Waals surface area contributed by atoms with Crippen LogP contribution in [0.15, 0.2) is 0 Å². The van der Waals surface area contributed by atoms with Crippen molar-refractivity contribution in [3.8, 4) is 0 Å². The number of rotatable bonds is 10. The molecular weight excluding hydrogens is 220 g/mol. The number of aliphatic hydroxyl groups is 1. The fraction of sp³-hybridized carbons (Fsp3) is 0.923. The van der Waals surface area contributed by atoms with Crippen LogP contribution in [0.5, 0.6) is 0 Å². The summed E-state index contributed by atoms with van der Waals surface area (Å²) in [5, 5.41) is 8.49. The minimum Gasteiger partial charge on any atom is -0.460 e. The first-order valence-corrected chi connectivity index (χ1v) is 6.42. The highest BCUT2D eigenvalue weighted by Gasteiger charge is 2.19. The maximum Gasteiger partial charge on any atom is 0.306 e. The molecule has 0 unspecified atom stereocenters. The largest absolute Gasteiger partial charge is 0.460 e. The third-order valence-electron chi connectivity index (χ3n) is 2.65. The summed E-state index contributed by atoms with van der Waals surface area (Å²) in [4.78, 5) is 11.5. The summed E-state index contributed by atoms with van der Waals surface area (Å²) in [5.74, 6) is -0.117. The van der Waals surface area contributed by atoms with Gasteiger partial charge in [-0.05, 0) is 33.1 Å². The summed E-state index contributed by atoms with van der Waals surface area (Å²) in [5.41, 5.74) is -0.346. The second-order valence-electron chi connectivity index (χ2n) is 4.73. The highest BCUT2D eigenvalue weighted by Crippen LogP contribution is 2.15. The molecule has 0 aliphatic rings. The van der Waals surface area contributed by atoms with E-state index in [1.165, 1.54) is 0 Å². The van der Waals surface area contributed by atoms with Crippen LogP contribution in [0.4, 0.5) is 0 Å². The van der Waals surface area contributed by atoms with Crippen molar-refractivity contribution in [2.45, 2.75) is 58.5 Å². The third-order valence-corrected chi connectivity index (χ3v) is 2.65. The number of carbonyl (C=O) groups excluding carboxylic acids is 1. The highest BCUT2D eigenvalue weighted by molar-refractivity contribution is 5.69. The van der Waals surface area contributed by atoms with Crippen molar-refractivity contribution in [2.75, 3.05) is 19.8 Å². The van der Waals surface area contributed by atoms with Gasteiger partial charge in [0.1, 0.15) is 5.60 Å². The first-order chi connectivity index (χ1) is 8.02. The Bertz CT molecular complexity index is 202. The number of esters is 1. The monoisotopic (exact) mass is 246 g/mol. The van der Waals surface area contributed by atoms with E-state index in [9.17, 15) is 4.79 Å². The van der Waals surface area contributed by atoms with Gasteiger partial charge >= 0.3 is 5.97 Å². The van der Waals surface area contributed by atoms with Crippen LogP contribution in [-0.4, -0.2) is 36.5 Å². The Balaban J connectivity index is 3.40. The zero-order valence-electron chi connectivity index (χ0n) is 11.3. The Morgan fingerprint density at radius 3 is 2.47 bits per heavy atom. The first-order valence-electron chi connectivity index (χ1n) is 6.42. The maximum atomic E-state index is 11.5. The van der Waals surface area contributed by atoms with Crippen molar-refractivity contribution in [1.82, 2.24) is 0 Å². The van der Waals surface area contributed by atoms with Gasteiger partial charge in [0.15, 0.2) is 0 Å². The van der Waals surface area contributed by atoms with Crippen molar-refractivity contribution < 1.29 is 19.4 Å². The van der Waals surface area contributed by atoms with Gasteiger partial charge in [0.05, 0.1) is 13.2 Å². The maximum absolute atomic E-state index is 11.5. The van der Waals surface area contributed by atoms with Crippen molar-refractivity contribution in [1.29, 1.82) is 0 Å². The molecule has 17 heavy (non-hydrogen) atoms. The van der Waals surface area contributed by atoms with Crippen LogP contribution in [0.1, 0.15) is 52.9 Å².